The van der Waals surface area contributed by atoms with Crippen molar-refractivity contribution in [1.29, 1.82) is 0 Å². The minimum atomic E-state index is -1.15. The van der Waals surface area contributed by atoms with Crippen LogP contribution < -0.4 is 50.6 Å². The number of carboxylic acid groups (broad SMARTS) is 1. The molecule has 0 bridgehead atoms. The monoisotopic (exact) mass is 308 g/mol. The molecule has 7 nitrogen and oxygen atoms in total. The number of carbonyl (C=O) groups is 1. The van der Waals surface area contributed by atoms with Gasteiger partial charge in [-0.2, -0.15) is 0 Å². The maximum absolute atomic E-state index is 11.0. The molecule has 0 aliphatic rings. The van der Waals surface area contributed by atoms with E-state index in [1.165, 1.54) is 0 Å². The first-order valence-corrected chi connectivity index (χ1v) is 6.91. The van der Waals surface area contributed by atoms with Crippen molar-refractivity contribution in [3.05, 3.63) is 12.2 Å². The predicted octanol–water partition coefficient (Wildman–Crippen LogP) is -4.43. The van der Waals surface area contributed by atoms with Crippen LogP contribution in [-0.2, 0) is 4.79 Å². The molecular weight excluding hydrogens is 283 g/mol. The standard InChI is InChI=1S/C13H26N4O3.Na/c1-2-5-14-6-7-15-8-9-16-10-11-17-12(18)3-4-13(19)20;/h3-4,14-16H,2,5-11H2,1H3,(H,17,18)(H,19,20);/q;+1/p-1/b4-3+;. The number of hydrogen-bond donors (Lipinski definition) is 4. The summed E-state index contributed by atoms with van der Waals surface area (Å²) in [6.45, 7) is 7.70. The van der Waals surface area contributed by atoms with E-state index in [0.717, 1.165) is 51.3 Å². The molecule has 116 valence electrons. The molecule has 8 heteroatoms. The van der Waals surface area contributed by atoms with Gasteiger partial charge in [-0.1, -0.05) is 6.92 Å². The van der Waals surface area contributed by atoms with Crippen LogP contribution in [0, 0.1) is 0 Å². The molecule has 0 atom stereocenters. The van der Waals surface area contributed by atoms with E-state index >= 15 is 0 Å². The molecule has 0 heterocycles. The predicted molar refractivity (Wildman–Crippen MR) is 78.0 cm³/mol. The molecule has 0 aromatic rings. The van der Waals surface area contributed by atoms with Gasteiger partial charge in [0, 0.05) is 38.8 Å². The first-order valence-electron chi connectivity index (χ1n) is 6.91. The van der Waals surface area contributed by atoms with Gasteiger partial charge >= 0.3 is 35.5 Å². The molecule has 0 unspecified atom stereocenters. The Morgan fingerprint density at radius 3 is 2.10 bits per heavy atom. The Morgan fingerprint density at radius 1 is 1.05 bits per heavy atom. The summed E-state index contributed by atoms with van der Waals surface area (Å²) in [5, 5.41) is 29.1. The van der Waals surface area contributed by atoms with Crippen LogP contribution in [-0.4, -0.2) is 62.8 Å². The summed E-state index contributed by atoms with van der Waals surface area (Å²) in [5.41, 5.74) is 0. The number of nitrogens with one attached hydrogen (secondary N) is 3. The van der Waals surface area contributed by atoms with E-state index in [0.29, 0.717) is 13.1 Å². The van der Waals surface area contributed by atoms with Crippen LogP contribution >= 0.6 is 0 Å². The van der Waals surface area contributed by atoms with Gasteiger partial charge in [-0.15, -0.1) is 0 Å². The maximum atomic E-state index is 11.0. The molecule has 4 N–H and O–H groups in total. The zero-order chi connectivity index (χ0) is 15.1. The average Bonchev–Trinajstić information content (AvgIpc) is 2.42. The van der Waals surface area contributed by atoms with Gasteiger partial charge in [0.1, 0.15) is 0 Å². The van der Waals surface area contributed by atoms with E-state index in [1.54, 1.807) is 0 Å². The summed E-state index contributed by atoms with van der Waals surface area (Å²) in [6.07, 6.45) is 2.88. The van der Waals surface area contributed by atoms with Gasteiger partial charge in [-0.3, -0.25) is 4.99 Å². The van der Waals surface area contributed by atoms with Gasteiger partial charge in [0.2, 0.25) is 0 Å². The number of aliphatic imine (C=N–C) groups is 1. The minimum Gasteiger partial charge on any atom is -0.859 e. The topological polar surface area (TPSA) is 109 Å². The van der Waals surface area contributed by atoms with Crippen LogP contribution in [0.5, 0.6) is 0 Å². The first-order chi connectivity index (χ1) is 9.66. The SMILES string of the molecule is CCCNCCNCCNCCN=C([O-])/C=C/C(=O)O.[Na+]. The Morgan fingerprint density at radius 2 is 1.57 bits per heavy atom. The molecule has 0 aliphatic heterocycles. The Kier molecular flexibility index (Phi) is 19.2. The van der Waals surface area contributed by atoms with E-state index in [4.69, 9.17) is 5.11 Å². The summed E-state index contributed by atoms with van der Waals surface area (Å²) in [7, 11) is 0. The second kappa shape index (κ2) is 17.6. The van der Waals surface area contributed by atoms with E-state index < -0.39 is 11.9 Å². The number of rotatable bonds is 13. The smallest absolute Gasteiger partial charge is 0.859 e. The van der Waals surface area contributed by atoms with Crippen molar-refractivity contribution in [2.75, 3.05) is 45.8 Å². The van der Waals surface area contributed by atoms with Crippen LogP contribution in [0.25, 0.3) is 0 Å². The Bertz CT molecular complexity index is 312. The molecule has 0 aromatic carbocycles. The van der Waals surface area contributed by atoms with Crippen molar-refractivity contribution in [3.8, 4) is 0 Å². The zero-order valence-electron chi connectivity index (χ0n) is 13.0. The molecule has 0 saturated carbocycles. The van der Waals surface area contributed by atoms with E-state index in [-0.39, 0.29) is 29.6 Å². The zero-order valence-corrected chi connectivity index (χ0v) is 15.0. The van der Waals surface area contributed by atoms with Gasteiger partial charge in [-0.05, 0) is 24.9 Å². The van der Waals surface area contributed by atoms with Crippen molar-refractivity contribution in [2.45, 2.75) is 13.3 Å². The van der Waals surface area contributed by atoms with Gasteiger partial charge in [0.15, 0.2) is 0 Å². The molecule has 0 spiro atoms. The van der Waals surface area contributed by atoms with Crippen molar-refractivity contribution in [2.24, 2.45) is 4.99 Å². The van der Waals surface area contributed by atoms with Gasteiger partial charge in [0.05, 0.1) is 6.54 Å². The minimum absolute atomic E-state index is 0. The normalized spacial score (nSPS) is 11.6. The molecule has 0 aromatic heterocycles. The molecule has 0 aliphatic carbocycles. The Labute approximate surface area is 148 Å². The van der Waals surface area contributed by atoms with Crippen LogP contribution in [0.4, 0.5) is 0 Å². The molecule has 0 amide bonds. The van der Waals surface area contributed by atoms with Crippen molar-refractivity contribution >= 4 is 11.9 Å². The fourth-order valence-electron chi connectivity index (χ4n) is 1.35. The van der Waals surface area contributed by atoms with Crippen molar-refractivity contribution in [1.82, 2.24) is 16.0 Å². The maximum Gasteiger partial charge on any atom is 1.00 e. The number of aliphatic carboxylic acids is 1. The van der Waals surface area contributed by atoms with E-state index in [9.17, 15) is 9.90 Å². The van der Waals surface area contributed by atoms with Gasteiger partial charge in [-0.25, -0.2) is 4.79 Å². The molecule has 0 radical (unpaired) electrons. The average molecular weight is 308 g/mol. The van der Waals surface area contributed by atoms with Crippen LogP contribution in [0.1, 0.15) is 13.3 Å². The van der Waals surface area contributed by atoms with Crippen molar-refractivity contribution in [3.63, 3.8) is 0 Å². The van der Waals surface area contributed by atoms with E-state index in [2.05, 4.69) is 27.9 Å². The summed E-state index contributed by atoms with van der Waals surface area (Å²) in [5.74, 6) is -1.67. The van der Waals surface area contributed by atoms with E-state index in [1.807, 2.05) is 0 Å². The number of hydrogen-bond acceptors (Lipinski definition) is 6. The molecule has 0 saturated heterocycles. The Balaban J connectivity index is 0. The second-order valence-electron chi connectivity index (χ2n) is 4.14. The number of carboxylic acids is 1. The third-order valence-corrected chi connectivity index (χ3v) is 2.31. The quantitative estimate of drug-likeness (QED) is 0.0899. The fourth-order valence-corrected chi connectivity index (χ4v) is 1.35. The molecular formula is C13H25N4NaO3. The van der Waals surface area contributed by atoms with Gasteiger partial charge in [0.25, 0.3) is 0 Å². The molecule has 21 heavy (non-hydrogen) atoms. The van der Waals surface area contributed by atoms with Crippen LogP contribution in [0.3, 0.4) is 0 Å². The second-order valence-corrected chi connectivity index (χ2v) is 4.14. The largest absolute Gasteiger partial charge is 1.00 e. The fraction of sp³-hybridized carbons (Fsp3) is 0.692. The Hall–Kier alpha value is -0.440. The number of nitrogens with zero attached hydrogens (tertiary/aromatic N) is 1. The first kappa shape index (κ1) is 22.8. The summed E-state index contributed by atoms with van der Waals surface area (Å²) in [4.78, 5) is 13.8. The third-order valence-electron chi connectivity index (χ3n) is 2.31. The van der Waals surface area contributed by atoms with Gasteiger partial charge < -0.3 is 26.2 Å². The third kappa shape index (κ3) is 19.6. The summed E-state index contributed by atoms with van der Waals surface area (Å²) < 4.78 is 0. The summed E-state index contributed by atoms with van der Waals surface area (Å²) >= 11 is 0. The van der Waals surface area contributed by atoms with Crippen LogP contribution in [0.15, 0.2) is 17.1 Å². The molecule has 0 rings (SSSR count). The summed E-state index contributed by atoms with van der Waals surface area (Å²) in [6, 6.07) is 0. The van der Waals surface area contributed by atoms with Crippen molar-refractivity contribution < 1.29 is 44.6 Å². The molecule has 0 fully saturated rings. The van der Waals surface area contributed by atoms with Crippen LogP contribution in [0.2, 0.25) is 0 Å².